The highest BCUT2D eigenvalue weighted by atomic mass is 35.5. The molecule has 0 aliphatic rings. The van der Waals surface area contributed by atoms with Crippen molar-refractivity contribution in [1.29, 1.82) is 0 Å². The van der Waals surface area contributed by atoms with Crippen LogP contribution < -0.4 is 10.1 Å². The molecular formula is C21H27ClN2O2. The minimum Gasteiger partial charge on any atom is -0.494 e. The first-order valence-electron chi connectivity index (χ1n) is 8.82. The Kier molecular flexibility index (Phi) is 7.95. The summed E-state index contributed by atoms with van der Waals surface area (Å²) in [7, 11) is 4.10. The maximum atomic E-state index is 11.9. The van der Waals surface area contributed by atoms with Crippen LogP contribution >= 0.6 is 11.6 Å². The van der Waals surface area contributed by atoms with Gasteiger partial charge in [-0.3, -0.25) is 4.79 Å². The minimum absolute atomic E-state index is 0.0401. The van der Waals surface area contributed by atoms with Crippen molar-refractivity contribution in [3.8, 4) is 5.75 Å². The zero-order valence-corrected chi connectivity index (χ0v) is 16.5. The van der Waals surface area contributed by atoms with Crippen molar-refractivity contribution in [2.24, 2.45) is 0 Å². The predicted octanol–water partition coefficient (Wildman–Crippen LogP) is 4.19. The van der Waals surface area contributed by atoms with Gasteiger partial charge in [-0.2, -0.15) is 0 Å². The Balaban J connectivity index is 1.65. The molecule has 0 radical (unpaired) electrons. The first kappa shape index (κ1) is 20.3. The summed E-state index contributed by atoms with van der Waals surface area (Å²) < 4.78 is 5.66. The third-order valence-corrected chi connectivity index (χ3v) is 4.38. The highest BCUT2D eigenvalue weighted by Gasteiger charge is 2.03. The molecule has 0 aliphatic carbocycles. The number of benzene rings is 2. The van der Waals surface area contributed by atoms with Crippen LogP contribution in [0.2, 0.25) is 5.02 Å². The molecule has 0 aromatic heterocycles. The summed E-state index contributed by atoms with van der Waals surface area (Å²) in [6, 6.07) is 13.9. The Bertz CT molecular complexity index is 714. The first-order chi connectivity index (χ1) is 12.4. The van der Waals surface area contributed by atoms with E-state index in [-0.39, 0.29) is 5.91 Å². The second kappa shape index (κ2) is 10.2. The van der Waals surface area contributed by atoms with E-state index in [0.29, 0.717) is 26.0 Å². The van der Waals surface area contributed by atoms with Crippen molar-refractivity contribution in [3.63, 3.8) is 0 Å². The third-order valence-electron chi connectivity index (χ3n) is 3.96. The molecule has 0 fully saturated rings. The fraction of sp³-hybridized carbons (Fsp3) is 0.381. The van der Waals surface area contributed by atoms with Gasteiger partial charge in [0, 0.05) is 24.5 Å². The molecule has 0 saturated carbocycles. The Hall–Kier alpha value is -2.04. The lowest BCUT2D eigenvalue weighted by Crippen LogP contribution is -2.23. The van der Waals surface area contributed by atoms with E-state index >= 15 is 0 Å². The molecule has 0 bridgehead atoms. The number of carbonyl (C=O) groups is 1. The molecule has 2 aromatic rings. The van der Waals surface area contributed by atoms with Gasteiger partial charge in [-0.25, -0.2) is 0 Å². The number of amides is 1. The number of aryl methyl sites for hydroxylation is 1. The number of carbonyl (C=O) groups excluding carboxylic acids is 1. The van der Waals surface area contributed by atoms with Crippen LogP contribution in [0.1, 0.15) is 29.5 Å². The van der Waals surface area contributed by atoms with E-state index in [2.05, 4.69) is 34.5 Å². The lowest BCUT2D eigenvalue weighted by molar-refractivity contribution is -0.121. The molecule has 0 spiro atoms. The molecule has 26 heavy (non-hydrogen) atoms. The van der Waals surface area contributed by atoms with E-state index in [4.69, 9.17) is 16.3 Å². The standard InChI is InChI=1S/C21H27ClN2O2/c1-16-13-19(10-11-20(16)22)26-12-4-5-21(25)23-14-17-6-8-18(9-7-17)15-24(2)3/h6-11,13H,4-5,12,14-15H2,1-3H3,(H,23,25). The number of nitrogens with zero attached hydrogens (tertiary/aromatic N) is 1. The second-order valence-electron chi connectivity index (χ2n) is 6.69. The number of ether oxygens (including phenoxy) is 1. The molecular weight excluding hydrogens is 348 g/mol. The largest absolute Gasteiger partial charge is 0.494 e. The van der Waals surface area contributed by atoms with E-state index < -0.39 is 0 Å². The first-order valence-corrected chi connectivity index (χ1v) is 9.20. The molecule has 4 nitrogen and oxygen atoms in total. The topological polar surface area (TPSA) is 41.6 Å². The fourth-order valence-corrected chi connectivity index (χ4v) is 2.66. The van der Waals surface area contributed by atoms with Crippen LogP contribution in [0.5, 0.6) is 5.75 Å². The van der Waals surface area contributed by atoms with Crippen molar-refractivity contribution < 1.29 is 9.53 Å². The minimum atomic E-state index is 0.0401. The molecule has 2 rings (SSSR count). The van der Waals surface area contributed by atoms with Gasteiger partial charge >= 0.3 is 0 Å². The van der Waals surface area contributed by atoms with Crippen LogP contribution in [0.25, 0.3) is 0 Å². The number of rotatable bonds is 9. The molecule has 0 atom stereocenters. The van der Waals surface area contributed by atoms with Crippen LogP contribution in [0.4, 0.5) is 0 Å². The smallest absolute Gasteiger partial charge is 0.220 e. The molecule has 0 saturated heterocycles. The molecule has 0 unspecified atom stereocenters. The second-order valence-corrected chi connectivity index (χ2v) is 7.10. The summed E-state index contributed by atoms with van der Waals surface area (Å²) in [4.78, 5) is 14.1. The average molecular weight is 375 g/mol. The fourth-order valence-electron chi connectivity index (χ4n) is 2.55. The number of halogens is 1. The van der Waals surface area contributed by atoms with Crippen molar-refractivity contribution in [3.05, 3.63) is 64.2 Å². The number of hydrogen-bond donors (Lipinski definition) is 1. The van der Waals surface area contributed by atoms with Gasteiger partial charge in [0.25, 0.3) is 0 Å². The van der Waals surface area contributed by atoms with Crippen LogP contribution in [0.3, 0.4) is 0 Å². The van der Waals surface area contributed by atoms with Crippen molar-refractivity contribution >= 4 is 17.5 Å². The molecule has 0 aliphatic heterocycles. The van der Waals surface area contributed by atoms with Crippen LogP contribution in [-0.2, 0) is 17.9 Å². The highest BCUT2D eigenvalue weighted by Crippen LogP contribution is 2.21. The Labute approximate surface area is 161 Å². The maximum absolute atomic E-state index is 11.9. The van der Waals surface area contributed by atoms with Gasteiger partial charge in [-0.15, -0.1) is 0 Å². The van der Waals surface area contributed by atoms with Crippen LogP contribution in [-0.4, -0.2) is 31.5 Å². The lowest BCUT2D eigenvalue weighted by atomic mass is 10.1. The van der Waals surface area contributed by atoms with Gasteiger partial charge in [-0.05, 0) is 62.3 Å². The van der Waals surface area contributed by atoms with Crippen LogP contribution in [0.15, 0.2) is 42.5 Å². The van der Waals surface area contributed by atoms with Gasteiger partial charge in [0.2, 0.25) is 5.91 Å². The Morgan fingerprint density at radius 3 is 2.46 bits per heavy atom. The third kappa shape index (κ3) is 7.06. The Morgan fingerprint density at radius 1 is 1.12 bits per heavy atom. The monoisotopic (exact) mass is 374 g/mol. The number of nitrogens with one attached hydrogen (secondary N) is 1. The molecule has 5 heteroatoms. The van der Waals surface area contributed by atoms with Gasteiger partial charge in [0.1, 0.15) is 5.75 Å². The highest BCUT2D eigenvalue weighted by molar-refractivity contribution is 6.31. The maximum Gasteiger partial charge on any atom is 0.220 e. The van der Waals surface area contributed by atoms with Gasteiger partial charge in [0.05, 0.1) is 6.61 Å². The van der Waals surface area contributed by atoms with E-state index in [1.165, 1.54) is 5.56 Å². The van der Waals surface area contributed by atoms with E-state index in [0.717, 1.165) is 28.4 Å². The Morgan fingerprint density at radius 2 is 1.81 bits per heavy atom. The van der Waals surface area contributed by atoms with E-state index in [1.807, 2.05) is 39.2 Å². The predicted molar refractivity (Wildman–Crippen MR) is 107 cm³/mol. The summed E-state index contributed by atoms with van der Waals surface area (Å²) >= 11 is 5.99. The summed E-state index contributed by atoms with van der Waals surface area (Å²) in [5, 5.41) is 3.68. The summed E-state index contributed by atoms with van der Waals surface area (Å²) in [6.45, 7) is 3.92. The molecule has 0 heterocycles. The van der Waals surface area contributed by atoms with Crippen molar-refractivity contribution in [2.75, 3.05) is 20.7 Å². The average Bonchev–Trinajstić information content (AvgIpc) is 2.60. The quantitative estimate of drug-likeness (QED) is 0.669. The SMILES string of the molecule is Cc1cc(OCCCC(=O)NCc2ccc(CN(C)C)cc2)ccc1Cl. The van der Waals surface area contributed by atoms with Crippen LogP contribution in [0, 0.1) is 6.92 Å². The van der Waals surface area contributed by atoms with Gasteiger partial charge in [0.15, 0.2) is 0 Å². The van der Waals surface area contributed by atoms with E-state index in [9.17, 15) is 4.79 Å². The summed E-state index contributed by atoms with van der Waals surface area (Å²) in [5.74, 6) is 0.823. The van der Waals surface area contributed by atoms with E-state index in [1.54, 1.807) is 0 Å². The summed E-state index contributed by atoms with van der Waals surface area (Å²) in [5.41, 5.74) is 3.35. The molecule has 2 aromatic carbocycles. The molecule has 1 amide bonds. The zero-order chi connectivity index (χ0) is 18.9. The lowest BCUT2D eigenvalue weighted by Gasteiger charge is -2.11. The summed E-state index contributed by atoms with van der Waals surface area (Å²) in [6.07, 6.45) is 1.13. The molecule has 1 N–H and O–H groups in total. The normalized spacial score (nSPS) is 10.8. The number of hydrogen-bond acceptors (Lipinski definition) is 3. The zero-order valence-electron chi connectivity index (χ0n) is 15.7. The van der Waals surface area contributed by atoms with Gasteiger partial charge < -0.3 is 15.0 Å². The van der Waals surface area contributed by atoms with Crippen molar-refractivity contribution in [2.45, 2.75) is 32.9 Å². The molecule has 140 valence electrons. The van der Waals surface area contributed by atoms with Crippen molar-refractivity contribution in [1.82, 2.24) is 10.2 Å². The van der Waals surface area contributed by atoms with Gasteiger partial charge in [-0.1, -0.05) is 35.9 Å².